The van der Waals surface area contributed by atoms with E-state index in [0.29, 0.717) is 35.6 Å². The van der Waals surface area contributed by atoms with Crippen molar-refractivity contribution < 1.29 is 14.6 Å². The van der Waals surface area contributed by atoms with E-state index < -0.39 is 6.10 Å². The maximum Gasteiger partial charge on any atom is 0.191 e. The number of aliphatic hydroxyl groups excluding tert-OH is 1. The molecule has 2 aromatic carbocycles. The third-order valence-electron chi connectivity index (χ3n) is 3.93. The van der Waals surface area contributed by atoms with Crippen LogP contribution in [0.4, 0.5) is 0 Å². The zero-order chi connectivity index (χ0) is 19.6. The molecule has 0 aliphatic heterocycles. The van der Waals surface area contributed by atoms with Crippen molar-refractivity contribution in [1.82, 2.24) is 10.6 Å². The number of guanidine groups is 1. The first-order valence-corrected chi connectivity index (χ1v) is 9.11. The average Bonchev–Trinajstić information content (AvgIpc) is 2.70. The molecule has 0 aliphatic carbocycles. The Morgan fingerprint density at radius 3 is 2.36 bits per heavy atom. The summed E-state index contributed by atoms with van der Waals surface area (Å²) in [6.07, 6.45) is -0.718. The Bertz CT molecular complexity index is 757. The molecule has 0 bridgehead atoms. The first-order valence-electron chi connectivity index (χ1n) is 8.74. The fourth-order valence-electron chi connectivity index (χ4n) is 2.47. The number of nitrogens with zero attached hydrogens (tertiary/aromatic N) is 1. The summed E-state index contributed by atoms with van der Waals surface area (Å²) >= 11 is 5.90. The van der Waals surface area contributed by atoms with Crippen molar-refractivity contribution in [1.29, 1.82) is 0 Å². The number of hydrogen-bond donors (Lipinski definition) is 3. The number of rotatable bonds is 8. The molecule has 1 atom stereocenters. The minimum atomic E-state index is -0.718. The van der Waals surface area contributed by atoms with Crippen LogP contribution in [0.15, 0.2) is 47.5 Å². The largest absolute Gasteiger partial charge is 0.493 e. The number of ether oxygens (including phenoxy) is 2. The van der Waals surface area contributed by atoms with E-state index >= 15 is 0 Å². The molecule has 3 N–H and O–H groups in total. The summed E-state index contributed by atoms with van der Waals surface area (Å²) in [5.41, 5.74) is 1.78. The molecule has 8 heteroatoms. The van der Waals surface area contributed by atoms with E-state index in [1.54, 1.807) is 26.4 Å². The van der Waals surface area contributed by atoms with Crippen molar-refractivity contribution in [2.45, 2.75) is 19.6 Å². The average molecular weight is 520 g/mol. The van der Waals surface area contributed by atoms with Gasteiger partial charge >= 0.3 is 0 Å². The highest BCUT2D eigenvalue weighted by atomic mass is 127. The zero-order valence-electron chi connectivity index (χ0n) is 16.2. The highest BCUT2D eigenvalue weighted by Gasteiger charge is 2.12. The van der Waals surface area contributed by atoms with Crippen LogP contribution in [0, 0.1) is 0 Å². The van der Waals surface area contributed by atoms with E-state index in [2.05, 4.69) is 15.6 Å². The lowest BCUT2D eigenvalue weighted by molar-refractivity contribution is 0.180. The summed E-state index contributed by atoms with van der Waals surface area (Å²) in [5.74, 6) is 1.84. The summed E-state index contributed by atoms with van der Waals surface area (Å²) in [5, 5.41) is 17.5. The molecule has 2 aromatic rings. The molecule has 0 radical (unpaired) electrons. The predicted molar refractivity (Wildman–Crippen MR) is 124 cm³/mol. The Labute approximate surface area is 188 Å². The standard InChI is InChI=1S/C20H26ClN3O3.HI/c1-4-22-20(23-12-14-5-8-16(21)9-6-14)24-13-17(25)15-7-10-18(26-2)19(11-15)27-3;/h5-11,17,25H,4,12-13H2,1-3H3,(H2,22,23,24);1H. The topological polar surface area (TPSA) is 75.1 Å². The number of aliphatic hydroxyl groups is 1. The van der Waals surface area contributed by atoms with Crippen molar-refractivity contribution in [2.24, 2.45) is 4.99 Å². The number of nitrogens with one attached hydrogen (secondary N) is 2. The van der Waals surface area contributed by atoms with Crippen molar-refractivity contribution in [2.75, 3.05) is 27.3 Å². The summed E-state index contributed by atoms with van der Waals surface area (Å²) in [4.78, 5) is 4.54. The molecule has 6 nitrogen and oxygen atoms in total. The van der Waals surface area contributed by atoms with E-state index in [9.17, 15) is 5.11 Å². The monoisotopic (exact) mass is 519 g/mol. The molecule has 28 heavy (non-hydrogen) atoms. The molecular weight excluding hydrogens is 493 g/mol. The summed E-state index contributed by atoms with van der Waals surface area (Å²) in [7, 11) is 3.15. The van der Waals surface area contributed by atoms with Gasteiger partial charge in [0.1, 0.15) is 0 Å². The second kappa shape index (κ2) is 12.7. The van der Waals surface area contributed by atoms with Gasteiger partial charge in [0.15, 0.2) is 17.5 Å². The van der Waals surface area contributed by atoms with Crippen LogP contribution in [0.2, 0.25) is 5.02 Å². The highest BCUT2D eigenvalue weighted by molar-refractivity contribution is 14.0. The van der Waals surface area contributed by atoms with E-state index in [4.69, 9.17) is 21.1 Å². The molecule has 0 heterocycles. The fraction of sp³-hybridized carbons (Fsp3) is 0.350. The van der Waals surface area contributed by atoms with E-state index in [1.807, 2.05) is 37.3 Å². The number of aliphatic imine (C=N–C) groups is 1. The van der Waals surface area contributed by atoms with Crippen LogP contribution < -0.4 is 20.1 Å². The Hall–Kier alpha value is -1.71. The number of benzene rings is 2. The molecule has 0 spiro atoms. The maximum atomic E-state index is 10.5. The Morgan fingerprint density at radius 2 is 1.75 bits per heavy atom. The van der Waals surface area contributed by atoms with E-state index in [1.165, 1.54) is 0 Å². The van der Waals surface area contributed by atoms with Crippen LogP contribution in [0.25, 0.3) is 0 Å². The molecule has 0 fully saturated rings. The van der Waals surface area contributed by atoms with Gasteiger partial charge in [0.25, 0.3) is 0 Å². The van der Waals surface area contributed by atoms with E-state index in [0.717, 1.165) is 17.7 Å². The Kier molecular flexibility index (Phi) is 11.0. The van der Waals surface area contributed by atoms with Crippen LogP contribution >= 0.6 is 35.6 Å². The minimum Gasteiger partial charge on any atom is -0.493 e. The molecule has 0 aliphatic rings. The van der Waals surface area contributed by atoms with Gasteiger partial charge in [-0.2, -0.15) is 0 Å². The van der Waals surface area contributed by atoms with Crippen molar-refractivity contribution >= 4 is 41.5 Å². The minimum absolute atomic E-state index is 0. The zero-order valence-corrected chi connectivity index (χ0v) is 19.3. The number of hydrogen-bond acceptors (Lipinski definition) is 4. The molecule has 0 aromatic heterocycles. The lowest BCUT2D eigenvalue weighted by Crippen LogP contribution is -2.39. The lowest BCUT2D eigenvalue weighted by Gasteiger charge is -2.17. The molecule has 0 saturated heterocycles. The number of halogens is 2. The first-order chi connectivity index (χ1) is 13.1. The van der Waals surface area contributed by atoms with Gasteiger partial charge in [-0.3, -0.25) is 0 Å². The van der Waals surface area contributed by atoms with Crippen LogP contribution in [0.5, 0.6) is 11.5 Å². The first kappa shape index (κ1) is 24.3. The second-order valence-electron chi connectivity index (χ2n) is 5.83. The quantitative estimate of drug-likeness (QED) is 0.281. The van der Waals surface area contributed by atoms with Gasteiger partial charge in [0.2, 0.25) is 0 Å². The third-order valence-corrected chi connectivity index (χ3v) is 4.18. The van der Waals surface area contributed by atoms with Gasteiger partial charge in [-0.1, -0.05) is 29.8 Å². The Morgan fingerprint density at radius 1 is 1.07 bits per heavy atom. The van der Waals surface area contributed by atoms with Crippen LogP contribution in [0.3, 0.4) is 0 Å². The maximum absolute atomic E-state index is 10.5. The van der Waals surface area contributed by atoms with E-state index in [-0.39, 0.29) is 24.0 Å². The lowest BCUT2D eigenvalue weighted by atomic mass is 10.1. The summed E-state index contributed by atoms with van der Waals surface area (Å²) in [6, 6.07) is 12.9. The smallest absolute Gasteiger partial charge is 0.191 e. The van der Waals surface area contributed by atoms with Gasteiger partial charge < -0.3 is 25.2 Å². The molecule has 1 unspecified atom stereocenters. The Balaban J connectivity index is 0.00000392. The normalized spacial score (nSPS) is 12.0. The fourth-order valence-corrected chi connectivity index (χ4v) is 2.60. The van der Waals surface area contributed by atoms with Crippen molar-refractivity contribution in [3.8, 4) is 11.5 Å². The molecule has 0 amide bonds. The van der Waals surface area contributed by atoms with Gasteiger partial charge in [-0.05, 0) is 42.3 Å². The third kappa shape index (κ3) is 7.37. The van der Waals surface area contributed by atoms with Crippen LogP contribution in [0.1, 0.15) is 24.2 Å². The van der Waals surface area contributed by atoms with Gasteiger partial charge in [-0.25, -0.2) is 4.99 Å². The number of methoxy groups -OCH3 is 2. The van der Waals surface area contributed by atoms with Crippen molar-refractivity contribution in [3.63, 3.8) is 0 Å². The van der Waals surface area contributed by atoms with Gasteiger partial charge in [0.05, 0.1) is 26.9 Å². The molecule has 2 rings (SSSR count). The summed E-state index contributed by atoms with van der Waals surface area (Å²) < 4.78 is 10.5. The van der Waals surface area contributed by atoms with Crippen molar-refractivity contribution in [3.05, 3.63) is 58.6 Å². The predicted octanol–water partition coefficient (Wildman–Crippen LogP) is 3.76. The molecule has 154 valence electrons. The van der Waals surface area contributed by atoms with Gasteiger partial charge in [0, 0.05) is 18.1 Å². The van der Waals surface area contributed by atoms with Crippen LogP contribution in [-0.4, -0.2) is 38.4 Å². The van der Waals surface area contributed by atoms with Crippen LogP contribution in [-0.2, 0) is 6.54 Å². The SMILES string of the molecule is CCNC(=NCc1ccc(Cl)cc1)NCC(O)c1ccc(OC)c(OC)c1.I. The van der Waals surface area contributed by atoms with Gasteiger partial charge in [-0.15, -0.1) is 24.0 Å². The summed E-state index contributed by atoms with van der Waals surface area (Å²) in [6.45, 7) is 3.53. The second-order valence-corrected chi connectivity index (χ2v) is 6.27. The molecule has 0 saturated carbocycles. The molecular formula is C20H27ClIN3O3. The highest BCUT2D eigenvalue weighted by Crippen LogP contribution is 2.29.